The Labute approximate surface area is 140 Å². The lowest BCUT2D eigenvalue weighted by Crippen LogP contribution is -2.62. The van der Waals surface area contributed by atoms with E-state index in [0.717, 1.165) is 5.01 Å². The molecule has 0 spiro atoms. The fourth-order valence-corrected chi connectivity index (χ4v) is 3.19. The molecule has 0 radical (unpaired) electrons. The highest BCUT2D eigenvalue weighted by atomic mass is 16.4. The SMILES string of the molecule is CC[C@H](NC)C(=O)N[C@H]1CCC(=O)N2CCC[C@@H](C(=O)O)N2C1=O. The first-order valence-electron chi connectivity index (χ1n) is 8.24. The van der Waals surface area contributed by atoms with Gasteiger partial charge in [0.15, 0.2) is 6.04 Å². The van der Waals surface area contributed by atoms with Gasteiger partial charge in [0.05, 0.1) is 6.04 Å². The predicted octanol–water partition coefficient (Wildman–Crippen LogP) is -0.918. The number of carbonyl (C=O) groups excluding carboxylic acids is 3. The second-order valence-electron chi connectivity index (χ2n) is 6.05. The van der Waals surface area contributed by atoms with Gasteiger partial charge in [0.2, 0.25) is 11.8 Å². The Morgan fingerprint density at radius 2 is 2.04 bits per heavy atom. The topological polar surface area (TPSA) is 119 Å². The summed E-state index contributed by atoms with van der Waals surface area (Å²) in [4.78, 5) is 48.8. The lowest BCUT2D eigenvalue weighted by molar-refractivity contribution is -0.180. The molecule has 24 heavy (non-hydrogen) atoms. The molecule has 9 nitrogen and oxygen atoms in total. The van der Waals surface area contributed by atoms with Crippen LogP contribution in [0.4, 0.5) is 0 Å². The number of likely N-dealkylation sites (N-methyl/N-ethyl adjacent to an activating group) is 1. The van der Waals surface area contributed by atoms with Crippen LogP contribution in [-0.2, 0) is 19.2 Å². The molecule has 3 amide bonds. The van der Waals surface area contributed by atoms with Gasteiger partial charge in [-0.1, -0.05) is 6.92 Å². The van der Waals surface area contributed by atoms with Gasteiger partial charge in [-0.3, -0.25) is 19.4 Å². The summed E-state index contributed by atoms with van der Waals surface area (Å²) >= 11 is 0. The highest BCUT2D eigenvalue weighted by molar-refractivity contribution is 5.94. The van der Waals surface area contributed by atoms with Gasteiger partial charge in [-0.2, -0.15) is 0 Å². The number of carboxylic acids is 1. The molecule has 2 rings (SSSR count). The van der Waals surface area contributed by atoms with Crippen molar-refractivity contribution in [1.82, 2.24) is 20.7 Å². The maximum atomic E-state index is 12.8. The van der Waals surface area contributed by atoms with Gasteiger partial charge in [0, 0.05) is 13.0 Å². The minimum absolute atomic E-state index is 0.0931. The summed E-state index contributed by atoms with van der Waals surface area (Å²) in [6.45, 7) is 2.16. The van der Waals surface area contributed by atoms with Crippen LogP contribution in [0.25, 0.3) is 0 Å². The number of nitrogens with one attached hydrogen (secondary N) is 2. The van der Waals surface area contributed by atoms with E-state index in [1.54, 1.807) is 7.05 Å². The summed E-state index contributed by atoms with van der Waals surface area (Å²) in [5.41, 5.74) is 0. The van der Waals surface area contributed by atoms with E-state index in [9.17, 15) is 24.3 Å². The third kappa shape index (κ3) is 3.50. The number of fused-ring (bicyclic) bond motifs is 1. The summed E-state index contributed by atoms with van der Waals surface area (Å²) < 4.78 is 0. The lowest BCUT2D eigenvalue weighted by Gasteiger charge is -2.41. The highest BCUT2D eigenvalue weighted by Gasteiger charge is 2.44. The smallest absolute Gasteiger partial charge is 0.328 e. The number of hydrazine groups is 1. The molecule has 3 atom stereocenters. The van der Waals surface area contributed by atoms with Crippen LogP contribution in [0, 0.1) is 0 Å². The van der Waals surface area contributed by atoms with Crippen LogP contribution >= 0.6 is 0 Å². The first kappa shape index (κ1) is 18.2. The highest BCUT2D eigenvalue weighted by Crippen LogP contribution is 2.24. The summed E-state index contributed by atoms with van der Waals surface area (Å²) in [5, 5.41) is 17.2. The molecule has 2 heterocycles. The molecule has 0 aromatic rings. The molecule has 2 aliphatic heterocycles. The van der Waals surface area contributed by atoms with E-state index < -0.39 is 30.0 Å². The molecule has 0 unspecified atom stereocenters. The van der Waals surface area contributed by atoms with Crippen molar-refractivity contribution in [2.24, 2.45) is 0 Å². The van der Waals surface area contributed by atoms with Crippen molar-refractivity contribution < 1.29 is 24.3 Å². The Morgan fingerprint density at radius 1 is 1.33 bits per heavy atom. The molecule has 0 saturated carbocycles. The van der Waals surface area contributed by atoms with Crippen LogP contribution < -0.4 is 10.6 Å². The van der Waals surface area contributed by atoms with Gasteiger partial charge in [0.25, 0.3) is 5.91 Å². The van der Waals surface area contributed by atoms with Crippen LogP contribution in [0.3, 0.4) is 0 Å². The van der Waals surface area contributed by atoms with Crippen molar-refractivity contribution in [3.8, 4) is 0 Å². The Hall–Kier alpha value is -2.16. The van der Waals surface area contributed by atoms with Crippen LogP contribution in [0.5, 0.6) is 0 Å². The van der Waals surface area contributed by atoms with Crippen molar-refractivity contribution in [2.75, 3.05) is 13.6 Å². The predicted molar refractivity (Wildman–Crippen MR) is 83.5 cm³/mol. The number of nitrogens with zero attached hydrogens (tertiary/aromatic N) is 2. The number of hydrogen-bond acceptors (Lipinski definition) is 5. The van der Waals surface area contributed by atoms with Crippen LogP contribution in [0.1, 0.15) is 39.0 Å². The maximum Gasteiger partial charge on any atom is 0.328 e. The number of amides is 3. The maximum absolute atomic E-state index is 12.8. The van der Waals surface area contributed by atoms with E-state index in [4.69, 9.17) is 0 Å². The zero-order valence-corrected chi connectivity index (χ0v) is 13.9. The summed E-state index contributed by atoms with van der Waals surface area (Å²) in [6.07, 6.45) is 1.63. The van der Waals surface area contributed by atoms with Gasteiger partial charge in [-0.15, -0.1) is 0 Å². The van der Waals surface area contributed by atoms with Crippen LogP contribution in [0.2, 0.25) is 0 Å². The molecule has 0 bridgehead atoms. The van der Waals surface area contributed by atoms with Gasteiger partial charge < -0.3 is 15.7 Å². The second kappa shape index (κ2) is 7.61. The van der Waals surface area contributed by atoms with E-state index in [-0.39, 0.29) is 24.7 Å². The van der Waals surface area contributed by atoms with E-state index >= 15 is 0 Å². The molecule has 0 aromatic heterocycles. The van der Waals surface area contributed by atoms with Crippen LogP contribution in [-0.4, -0.2) is 70.5 Å². The number of hydrogen-bond donors (Lipinski definition) is 3. The fourth-order valence-electron chi connectivity index (χ4n) is 3.19. The molecule has 3 N–H and O–H groups in total. The van der Waals surface area contributed by atoms with Crippen molar-refractivity contribution in [3.05, 3.63) is 0 Å². The number of aliphatic carboxylic acids is 1. The van der Waals surface area contributed by atoms with Gasteiger partial charge in [-0.05, 0) is 32.7 Å². The lowest BCUT2D eigenvalue weighted by atomic mass is 10.1. The minimum atomic E-state index is -1.14. The van der Waals surface area contributed by atoms with E-state index in [1.807, 2.05) is 6.92 Å². The molecule has 2 aliphatic rings. The number of carbonyl (C=O) groups is 4. The molecule has 9 heteroatoms. The molecular weight excluding hydrogens is 316 g/mol. The zero-order valence-electron chi connectivity index (χ0n) is 13.9. The summed E-state index contributed by atoms with van der Waals surface area (Å²) in [5.74, 6) is -2.29. The minimum Gasteiger partial charge on any atom is -0.480 e. The molecular formula is C15H24N4O5. The average Bonchev–Trinajstić information content (AvgIpc) is 2.68. The van der Waals surface area contributed by atoms with Crippen LogP contribution in [0.15, 0.2) is 0 Å². The Kier molecular flexibility index (Phi) is 5.76. The van der Waals surface area contributed by atoms with Gasteiger partial charge in [0.1, 0.15) is 6.04 Å². The number of carboxylic acid groups (broad SMARTS) is 1. The Bertz CT molecular complexity index is 534. The van der Waals surface area contributed by atoms with E-state index in [1.165, 1.54) is 5.01 Å². The number of rotatable bonds is 5. The summed E-state index contributed by atoms with van der Waals surface area (Å²) in [7, 11) is 1.65. The Balaban J connectivity index is 2.23. The van der Waals surface area contributed by atoms with Crippen molar-refractivity contribution in [3.63, 3.8) is 0 Å². The first-order chi connectivity index (χ1) is 11.4. The first-order valence-corrected chi connectivity index (χ1v) is 8.24. The fraction of sp³-hybridized carbons (Fsp3) is 0.733. The van der Waals surface area contributed by atoms with Gasteiger partial charge in [-0.25, -0.2) is 9.80 Å². The second-order valence-corrected chi connectivity index (χ2v) is 6.05. The summed E-state index contributed by atoms with van der Waals surface area (Å²) in [6, 6.07) is -2.41. The largest absolute Gasteiger partial charge is 0.480 e. The monoisotopic (exact) mass is 340 g/mol. The third-order valence-electron chi connectivity index (χ3n) is 4.54. The molecule has 2 saturated heterocycles. The van der Waals surface area contributed by atoms with Crippen molar-refractivity contribution in [2.45, 2.75) is 57.2 Å². The van der Waals surface area contributed by atoms with Crippen molar-refractivity contribution in [1.29, 1.82) is 0 Å². The van der Waals surface area contributed by atoms with E-state index in [0.29, 0.717) is 25.8 Å². The van der Waals surface area contributed by atoms with E-state index in [2.05, 4.69) is 10.6 Å². The average molecular weight is 340 g/mol. The van der Waals surface area contributed by atoms with Crippen molar-refractivity contribution >= 4 is 23.7 Å². The quantitative estimate of drug-likeness (QED) is 0.596. The molecule has 2 fully saturated rings. The molecule has 0 aromatic carbocycles. The van der Waals surface area contributed by atoms with Gasteiger partial charge >= 0.3 is 5.97 Å². The molecule has 134 valence electrons. The Morgan fingerprint density at radius 3 is 2.62 bits per heavy atom. The third-order valence-corrected chi connectivity index (χ3v) is 4.54. The standard InChI is InChI=1S/C15H24N4O5/c1-3-9(16-2)13(21)17-10-6-7-12(20)18-8-4-5-11(15(23)24)19(18)14(10)22/h9-11,16H,3-8H2,1-2H3,(H,17,21)(H,23,24)/t9-,10-,11-/m0/s1. The molecule has 0 aliphatic carbocycles. The zero-order chi connectivity index (χ0) is 17.9. The normalized spacial score (nSPS) is 25.8.